The first-order valence-electron chi connectivity index (χ1n) is 3.99. The van der Waals surface area contributed by atoms with Crippen LogP contribution in [0.25, 0.3) is 0 Å². The molecule has 12 heavy (non-hydrogen) atoms. The van der Waals surface area contributed by atoms with Gasteiger partial charge >= 0.3 is 11.9 Å². The van der Waals surface area contributed by atoms with Crippen LogP contribution in [0.4, 0.5) is 0 Å². The van der Waals surface area contributed by atoms with Gasteiger partial charge < -0.3 is 9.47 Å². The van der Waals surface area contributed by atoms with Gasteiger partial charge in [-0.25, -0.2) is 0 Å². The maximum absolute atomic E-state index is 11.0. The number of ether oxygens (including phenoxy) is 2. The van der Waals surface area contributed by atoms with Crippen molar-refractivity contribution in [2.24, 2.45) is 5.92 Å². The first-order valence-corrected chi connectivity index (χ1v) is 3.99. The zero-order valence-corrected chi connectivity index (χ0v) is 7.20. The summed E-state index contributed by atoms with van der Waals surface area (Å²) in [4.78, 5) is 21.4. The Labute approximate surface area is 70.8 Å². The number of rotatable bonds is 3. The van der Waals surface area contributed by atoms with E-state index in [1.54, 1.807) is 6.92 Å². The minimum absolute atomic E-state index is 0.214. The summed E-state index contributed by atoms with van der Waals surface area (Å²) in [5.41, 5.74) is 0. The smallest absolute Gasteiger partial charge is 0.312 e. The second kappa shape index (κ2) is 3.56. The molecular formula is C8H12O4. The molecule has 0 spiro atoms. The molecule has 0 unspecified atom stereocenters. The normalized spacial score (nSPS) is 26.2. The summed E-state index contributed by atoms with van der Waals surface area (Å²) in [6.45, 7) is 3.46. The van der Waals surface area contributed by atoms with Gasteiger partial charge in [-0.15, -0.1) is 0 Å². The molecule has 1 aliphatic rings. The fourth-order valence-electron chi connectivity index (χ4n) is 1.01. The molecule has 4 nitrogen and oxygen atoms in total. The zero-order valence-electron chi connectivity index (χ0n) is 7.20. The molecule has 1 aliphatic carbocycles. The van der Waals surface area contributed by atoms with E-state index in [0.29, 0.717) is 13.0 Å². The Bertz CT molecular complexity index is 199. The first-order chi connectivity index (χ1) is 5.65. The van der Waals surface area contributed by atoms with Gasteiger partial charge in [-0.1, -0.05) is 0 Å². The fourth-order valence-corrected chi connectivity index (χ4v) is 1.01. The van der Waals surface area contributed by atoms with Crippen LogP contribution in [0.15, 0.2) is 0 Å². The SMILES string of the molecule is CCOC(=O)[C@H]1C[C@H]1OC(C)=O. The molecule has 1 saturated carbocycles. The summed E-state index contributed by atoms with van der Waals surface area (Å²) >= 11 is 0. The van der Waals surface area contributed by atoms with Gasteiger partial charge in [0.25, 0.3) is 0 Å². The average Bonchev–Trinajstić information content (AvgIpc) is 2.67. The number of carbonyl (C=O) groups excluding carboxylic acids is 2. The lowest BCUT2D eigenvalue weighted by Crippen LogP contribution is -2.12. The maximum atomic E-state index is 11.0. The van der Waals surface area contributed by atoms with Gasteiger partial charge in [0.1, 0.15) is 6.10 Å². The van der Waals surface area contributed by atoms with Crippen molar-refractivity contribution in [3.05, 3.63) is 0 Å². The Kier molecular flexibility index (Phi) is 2.68. The van der Waals surface area contributed by atoms with Crippen molar-refractivity contribution in [3.63, 3.8) is 0 Å². The molecule has 0 aliphatic heterocycles. The molecule has 0 aromatic rings. The second-order valence-corrected chi connectivity index (χ2v) is 2.74. The van der Waals surface area contributed by atoms with Crippen LogP contribution in [0.2, 0.25) is 0 Å². The van der Waals surface area contributed by atoms with Crippen molar-refractivity contribution >= 4 is 11.9 Å². The van der Waals surface area contributed by atoms with Crippen LogP contribution in [0.5, 0.6) is 0 Å². The Morgan fingerprint density at radius 3 is 2.67 bits per heavy atom. The summed E-state index contributed by atoms with van der Waals surface area (Å²) in [6, 6.07) is 0. The van der Waals surface area contributed by atoms with Crippen LogP contribution in [-0.2, 0) is 19.1 Å². The standard InChI is InChI=1S/C8H12O4/c1-3-11-8(10)6-4-7(6)12-5(2)9/h6-7H,3-4H2,1-2H3/t6-,7+/m0/s1. The molecule has 0 amide bonds. The van der Waals surface area contributed by atoms with Gasteiger partial charge in [-0.2, -0.15) is 0 Å². The van der Waals surface area contributed by atoms with E-state index in [9.17, 15) is 9.59 Å². The summed E-state index contributed by atoms with van der Waals surface area (Å²) in [7, 11) is 0. The molecule has 2 atom stereocenters. The van der Waals surface area contributed by atoms with Gasteiger partial charge in [-0.05, 0) is 6.92 Å². The van der Waals surface area contributed by atoms with E-state index in [0.717, 1.165) is 0 Å². The van der Waals surface area contributed by atoms with Crippen molar-refractivity contribution in [2.75, 3.05) is 6.61 Å². The Morgan fingerprint density at radius 2 is 2.17 bits per heavy atom. The fraction of sp³-hybridized carbons (Fsp3) is 0.750. The van der Waals surface area contributed by atoms with Gasteiger partial charge in [0.05, 0.1) is 12.5 Å². The predicted octanol–water partition coefficient (Wildman–Crippen LogP) is 0.501. The highest BCUT2D eigenvalue weighted by atomic mass is 16.6. The monoisotopic (exact) mass is 172 g/mol. The van der Waals surface area contributed by atoms with Crippen molar-refractivity contribution < 1.29 is 19.1 Å². The first kappa shape index (κ1) is 9.03. The van der Waals surface area contributed by atoms with Crippen molar-refractivity contribution in [3.8, 4) is 0 Å². The summed E-state index contributed by atoms with van der Waals surface area (Å²) in [5.74, 6) is -0.815. The molecule has 0 saturated heterocycles. The number of esters is 2. The molecule has 0 N–H and O–H groups in total. The van der Waals surface area contributed by atoms with Crippen LogP contribution in [0.1, 0.15) is 20.3 Å². The van der Waals surface area contributed by atoms with E-state index in [-0.39, 0.29) is 24.0 Å². The average molecular weight is 172 g/mol. The summed E-state index contributed by atoms with van der Waals surface area (Å²) in [5, 5.41) is 0. The van der Waals surface area contributed by atoms with Crippen molar-refractivity contribution in [1.29, 1.82) is 0 Å². The Morgan fingerprint density at radius 1 is 1.50 bits per heavy atom. The zero-order chi connectivity index (χ0) is 9.14. The number of carbonyl (C=O) groups is 2. The highest BCUT2D eigenvalue weighted by Crippen LogP contribution is 2.34. The van der Waals surface area contributed by atoms with E-state index < -0.39 is 0 Å². The topological polar surface area (TPSA) is 52.6 Å². The third kappa shape index (κ3) is 2.22. The van der Waals surface area contributed by atoms with Gasteiger partial charge in [0.15, 0.2) is 0 Å². The van der Waals surface area contributed by atoms with E-state index in [1.165, 1.54) is 6.92 Å². The third-order valence-electron chi connectivity index (χ3n) is 1.64. The number of hydrogen-bond donors (Lipinski definition) is 0. The third-order valence-corrected chi connectivity index (χ3v) is 1.64. The Balaban J connectivity index is 2.23. The van der Waals surface area contributed by atoms with Crippen molar-refractivity contribution in [1.82, 2.24) is 0 Å². The minimum atomic E-state index is -0.341. The van der Waals surface area contributed by atoms with E-state index in [4.69, 9.17) is 9.47 Å². The molecule has 68 valence electrons. The highest BCUT2D eigenvalue weighted by molar-refractivity contribution is 5.77. The van der Waals surface area contributed by atoms with Crippen molar-refractivity contribution in [2.45, 2.75) is 26.4 Å². The van der Waals surface area contributed by atoms with E-state index in [2.05, 4.69) is 0 Å². The molecule has 0 bridgehead atoms. The summed E-state index contributed by atoms with van der Waals surface area (Å²) < 4.78 is 9.55. The molecule has 0 heterocycles. The van der Waals surface area contributed by atoms with E-state index >= 15 is 0 Å². The molecule has 0 radical (unpaired) electrons. The van der Waals surface area contributed by atoms with Gasteiger partial charge in [0.2, 0.25) is 0 Å². The lowest BCUT2D eigenvalue weighted by molar-refractivity contribution is -0.148. The van der Waals surface area contributed by atoms with Crippen LogP contribution >= 0.6 is 0 Å². The largest absolute Gasteiger partial charge is 0.466 e. The quantitative estimate of drug-likeness (QED) is 0.582. The van der Waals surface area contributed by atoms with Gasteiger partial charge in [-0.3, -0.25) is 9.59 Å². The molecule has 4 heteroatoms. The second-order valence-electron chi connectivity index (χ2n) is 2.74. The molecule has 0 aromatic carbocycles. The minimum Gasteiger partial charge on any atom is -0.466 e. The molecule has 0 aromatic heterocycles. The maximum Gasteiger partial charge on any atom is 0.312 e. The van der Waals surface area contributed by atoms with Crippen LogP contribution in [0.3, 0.4) is 0 Å². The summed E-state index contributed by atoms with van der Waals surface area (Å²) in [6.07, 6.45) is 0.375. The molecule has 1 rings (SSSR count). The lowest BCUT2D eigenvalue weighted by Gasteiger charge is -2.00. The lowest BCUT2D eigenvalue weighted by atomic mass is 10.4. The molecular weight excluding hydrogens is 160 g/mol. The van der Waals surface area contributed by atoms with E-state index in [1.807, 2.05) is 0 Å². The Hall–Kier alpha value is -1.06. The number of hydrogen-bond acceptors (Lipinski definition) is 4. The predicted molar refractivity (Wildman–Crippen MR) is 40.3 cm³/mol. The van der Waals surface area contributed by atoms with Crippen LogP contribution < -0.4 is 0 Å². The van der Waals surface area contributed by atoms with Crippen LogP contribution in [0, 0.1) is 5.92 Å². The highest BCUT2D eigenvalue weighted by Gasteiger charge is 2.47. The molecule has 1 fully saturated rings. The van der Waals surface area contributed by atoms with Crippen LogP contribution in [-0.4, -0.2) is 24.6 Å². The van der Waals surface area contributed by atoms with Gasteiger partial charge in [0, 0.05) is 13.3 Å².